The van der Waals surface area contributed by atoms with Gasteiger partial charge in [-0.15, -0.1) is 0 Å². The molecule has 24 heavy (non-hydrogen) atoms. The van der Waals surface area contributed by atoms with E-state index in [0.717, 1.165) is 11.1 Å². The van der Waals surface area contributed by atoms with Crippen LogP contribution in [0.2, 0.25) is 0 Å². The van der Waals surface area contributed by atoms with Gasteiger partial charge in [0.25, 0.3) is 0 Å². The predicted molar refractivity (Wildman–Crippen MR) is 92.4 cm³/mol. The van der Waals surface area contributed by atoms with Crippen molar-refractivity contribution in [2.24, 2.45) is 0 Å². The minimum atomic E-state index is -0.375. The maximum Gasteiger partial charge on any atom is 0.340 e. The van der Waals surface area contributed by atoms with Gasteiger partial charge in [-0.25, -0.2) is 14.8 Å². The number of nitrogens with one attached hydrogen (secondary N) is 1. The van der Waals surface area contributed by atoms with E-state index in [0.29, 0.717) is 29.3 Å². The number of hydrogen-bond acceptors (Lipinski definition) is 5. The molecule has 6 nitrogen and oxygen atoms in total. The third kappa shape index (κ3) is 2.99. The molecule has 6 heteroatoms. The van der Waals surface area contributed by atoms with Gasteiger partial charge in [-0.2, -0.15) is 0 Å². The number of carbonyl (C=O) groups is 1. The van der Waals surface area contributed by atoms with E-state index in [1.165, 1.54) is 0 Å². The van der Waals surface area contributed by atoms with Crippen LogP contribution in [0.4, 0.5) is 5.95 Å². The van der Waals surface area contributed by atoms with E-state index in [1.54, 1.807) is 25.3 Å². The van der Waals surface area contributed by atoms with Crippen molar-refractivity contribution in [1.82, 2.24) is 15.0 Å². The van der Waals surface area contributed by atoms with Gasteiger partial charge >= 0.3 is 5.97 Å². The van der Waals surface area contributed by atoms with Gasteiger partial charge in [-0.3, -0.25) is 0 Å². The van der Waals surface area contributed by atoms with E-state index in [2.05, 4.69) is 15.0 Å². The number of ether oxygens (including phenoxy) is 1. The van der Waals surface area contributed by atoms with Gasteiger partial charge in [0.1, 0.15) is 0 Å². The number of nitrogen functional groups attached to an aromatic ring is 1. The number of aryl methyl sites for hydroxylation is 1. The number of nitrogens with zero attached hydrogens (tertiary/aromatic N) is 2. The molecule has 122 valence electrons. The van der Waals surface area contributed by atoms with Gasteiger partial charge in [0.05, 0.1) is 29.3 Å². The van der Waals surface area contributed by atoms with E-state index in [1.807, 2.05) is 31.2 Å². The van der Waals surface area contributed by atoms with Gasteiger partial charge in [0.15, 0.2) is 0 Å². The molecule has 0 fully saturated rings. The van der Waals surface area contributed by atoms with E-state index in [4.69, 9.17) is 10.5 Å². The second-order valence-electron chi connectivity index (χ2n) is 5.31. The van der Waals surface area contributed by atoms with Crippen LogP contribution in [0.5, 0.6) is 0 Å². The summed E-state index contributed by atoms with van der Waals surface area (Å²) in [5, 5.41) is 0. The molecule has 0 bridgehead atoms. The monoisotopic (exact) mass is 322 g/mol. The molecule has 0 aliphatic carbocycles. The first-order valence-corrected chi connectivity index (χ1v) is 7.65. The summed E-state index contributed by atoms with van der Waals surface area (Å²) >= 11 is 0. The van der Waals surface area contributed by atoms with Crippen molar-refractivity contribution in [1.29, 1.82) is 0 Å². The van der Waals surface area contributed by atoms with Crippen molar-refractivity contribution >= 4 is 11.9 Å². The van der Waals surface area contributed by atoms with Gasteiger partial charge in [-0.05, 0) is 31.5 Å². The molecule has 0 aliphatic rings. The average molecular weight is 322 g/mol. The first-order valence-electron chi connectivity index (χ1n) is 7.65. The van der Waals surface area contributed by atoms with Crippen LogP contribution in [0.25, 0.3) is 22.6 Å². The second-order valence-corrected chi connectivity index (χ2v) is 5.31. The maximum absolute atomic E-state index is 12.4. The maximum atomic E-state index is 12.4. The summed E-state index contributed by atoms with van der Waals surface area (Å²) in [7, 11) is 0. The number of esters is 1. The average Bonchev–Trinajstić information content (AvgIpc) is 3.01. The molecule has 2 aromatic heterocycles. The minimum Gasteiger partial charge on any atom is -0.462 e. The van der Waals surface area contributed by atoms with Crippen LogP contribution < -0.4 is 5.73 Å². The lowest BCUT2D eigenvalue weighted by atomic mass is 10.0. The number of anilines is 1. The van der Waals surface area contributed by atoms with Crippen molar-refractivity contribution in [2.75, 3.05) is 12.3 Å². The number of nitrogens with two attached hydrogens (primary N) is 1. The summed E-state index contributed by atoms with van der Waals surface area (Å²) in [5.41, 5.74) is 10.1. The first kappa shape index (κ1) is 15.7. The van der Waals surface area contributed by atoms with Crippen molar-refractivity contribution in [2.45, 2.75) is 13.8 Å². The Labute approximate surface area is 139 Å². The van der Waals surface area contributed by atoms with Crippen LogP contribution in [0.1, 0.15) is 22.8 Å². The lowest BCUT2D eigenvalue weighted by Gasteiger charge is -2.07. The number of rotatable bonds is 4. The summed E-state index contributed by atoms with van der Waals surface area (Å²) < 4.78 is 5.19. The molecule has 1 aromatic carbocycles. The number of aromatic nitrogens is 3. The summed E-state index contributed by atoms with van der Waals surface area (Å²) in [4.78, 5) is 23.7. The zero-order valence-corrected chi connectivity index (χ0v) is 13.5. The van der Waals surface area contributed by atoms with E-state index in [9.17, 15) is 4.79 Å². The number of H-pyrrole nitrogens is 1. The first-order chi connectivity index (χ1) is 11.6. The van der Waals surface area contributed by atoms with Crippen LogP contribution in [-0.4, -0.2) is 27.5 Å². The third-order valence-electron chi connectivity index (χ3n) is 3.68. The fourth-order valence-electron chi connectivity index (χ4n) is 2.55. The Bertz CT molecular complexity index is 886. The van der Waals surface area contributed by atoms with Gasteiger partial charge in [0, 0.05) is 11.8 Å². The lowest BCUT2D eigenvalue weighted by Crippen LogP contribution is -2.05. The summed E-state index contributed by atoms with van der Waals surface area (Å²) in [6, 6.07) is 11.3. The molecule has 0 saturated carbocycles. The molecule has 0 amide bonds. The molecule has 3 aromatic rings. The highest BCUT2D eigenvalue weighted by atomic mass is 16.5. The molecule has 0 aliphatic heterocycles. The van der Waals surface area contributed by atoms with Crippen molar-refractivity contribution in [3.63, 3.8) is 0 Å². The largest absolute Gasteiger partial charge is 0.462 e. The number of benzene rings is 1. The fraction of sp³-hybridized carbons (Fsp3) is 0.167. The molecule has 0 unspecified atom stereocenters. The number of hydrogen-bond donors (Lipinski definition) is 2. The summed E-state index contributed by atoms with van der Waals surface area (Å²) in [6.07, 6.45) is 1.58. The fourth-order valence-corrected chi connectivity index (χ4v) is 2.55. The van der Waals surface area contributed by atoms with Crippen LogP contribution >= 0.6 is 0 Å². The van der Waals surface area contributed by atoms with Crippen molar-refractivity contribution < 1.29 is 9.53 Å². The highest BCUT2D eigenvalue weighted by Crippen LogP contribution is 2.30. The smallest absolute Gasteiger partial charge is 0.340 e. The Morgan fingerprint density at radius 1 is 1.29 bits per heavy atom. The van der Waals surface area contributed by atoms with Crippen LogP contribution in [0.15, 0.2) is 42.6 Å². The number of aromatic amines is 1. The Kier molecular flexibility index (Phi) is 4.29. The molecule has 2 heterocycles. The molecule has 0 radical (unpaired) electrons. The Hall–Kier alpha value is -3.15. The topological polar surface area (TPSA) is 93.9 Å². The zero-order valence-electron chi connectivity index (χ0n) is 13.5. The van der Waals surface area contributed by atoms with Crippen LogP contribution in [0.3, 0.4) is 0 Å². The lowest BCUT2D eigenvalue weighted by molar-refractivity contribution is 0.0527. The Morgan fingerprint density at radius 3 is 2.79 bits per heavy atom. The minimum absolute atomic E-state index is 0.178. The molecule has 3 N–H and O–H groups in total. The van der Waals surface area contributed by atoms with E-state index < -0.39 is 0 Å². The third-order valence-corrected chi connectivity index (χ3v) is 3.68. The van der Waals surface area contributed by atoms with Crippen molar-refractivity contribution in [3.05, 3.63) is 53.7 Å². The molecular weight excluding hydrogens is 304 g/mol. The zero-order chi connectivity index (χ0) is 17.1. The number of carbonyl (C=O) groups excluding carboxylic acids is 1. The standard InChI is InChI=1S/C18H18N4O2/c1-3-24-17(23)13-10-15(14-8-9-20-18(19)22-14)21-16(13)12-7-5-4-6-11(12)2/h4-10,21H,3H2,1-2H3,(H2,19,20,22). The molecular formula is C18H18N4O2. The molecule has 3 rings (SSSR count). The second kappa shape index (κ2) is 6.54. The van der Waals surface area contributed by atoms with E-state index in [-0.39, 0.29) is 11.9 Å². The van der Waals surface area contributed by atoms with Crippen LogP contribution in [0, 0.1) is 6.92 Å². The normalized spacial score (nSPS) is 10.6. The highest BCUT2D eigenvalue weighted by Gasteiger charge is 2.20. The Morgan fingerprint density at radius 2 is 2.08 bits per heavy atom. The van der Waals surface area contributed by atoms with Crippen molar-refractivity contribution in [3.8, 4) is 22.6 Å². The summed E-state index contributed by atoms with van der Waals surface area (Å²) in [6.45, 7) is 4.09. The predicted octanol–water partition coefficient (Wildman–Crippen LogP) is 3.21. The quantitative estimate of drug-likeness (QED) is 0.719. The SMILES string of the molecule is CCOC(=O)c1cc(-c2ccnc(N)n2)[nH]c1-c1ccccc1C. The molecule has 0 atom stereocenters. The van der Waals surface area contributed by atoms with Gasteiger partial charge < -0.3 is 15.5 Å². The summed E-state index contributed by atoms with van der Waals surface area (Å²) in [5.74, 6) is -0.197. The molecule has 0 saturated heterocycles. The van der Waals surface area contributed by atoms with Gasteiger partial charge in [0.2, 0.25) is 5.95 Å². The van der Waals surface area contributed by atoms with E-state index >= 15 is 0 Å². The Balaban J connectivity index is 2.16. The highest BCUT2D eigenvalue weighted by molar-refractivity contribution is 5.98. The van der Waals surface area contributed by atoms with Gasteiger partial charge in [-0.1, -0.05) is 24.3 Å². The molecule has 0 spiro atoms. The van der Waals surface area contributed by atoms with Crippen LogP contribution in [-0.2, 0) is 4.74 Å².